The Morgan fingerprint density at radius 3 is 2.80 bits per heavy atom. The minimum absolute atomic E-state index is 0.0831. The van der Waals surface area contributed by atoms with Gasteiger partial charge in [-0.25, -0.2) is 8.42 Å². The van der Waals surface area contributed by atoms with Crippen molar-refractivity contribution in [2.45, 2.75) is 50.6 Å². The zero-order valence-corrected chi connectivity index (χ0v) is 13.0. The minimum Gasteiger partial charge on any atom is -0.363 e. The number of nitrogens with zero attached hydrogens (tertiary/aromatic N) is 1. The summed E-state index contributed by atoms with van der Waals surface area (Å²) in [5, 5.41) is 3.38. The molecular formula is C14H23N3O2S. The maximum absolute atomic E-state index is 12.6. The van der Waals surface area contributed by atoms with Crippen LogP contribution >= 0.6 is 0 Å². The lowest BCUT2D eigenvalue weighted by Gasteiger charge is -2.19. The second kappa shape index (κ2) is 4.86. The molecule has 0 unspecified atom stereocenters. The van der Waals surface area contributed by atoms with Crippen LogP contribution in [0.3, 0.4) is 0 Å². The highest BCUT2D eigenvalue weighted by molar-refractivity contribution is 7.89. The van der Waals surface area contributed by atoms with Crippen LogP contribution in [-0.4, -0.2) is 36.8 Å². The highest BCUT2D eigenvalue weighted by Gasteiger charge is 2.37. The Balaban J connectivity index is 1.70. The summed E-state index contributed by atoms with van der Waals surface area (Å²) in [4.78, 5) is 3.46. The number of aromatic amines is 1. The van der Waals surface area contributed by atoms with Gasteiger partial charge in [-0.3, -0.25) is 0 Å². The van der Waals surface area contributed by atoms with Gasteiger partial charge in [-0.1, -0.05) is 13.8 Å². The van der Waals surface area contributed by atoms with Crippen LogP contribution in [0.5, 0.6) is 0 Å². The second-order valence-electron chi connectivity index (χ2n) is 6.77. The van der Waals surface area contributed by atoms with Crippen molar-refractivity contribution >= 4 is 10.0 Å². The number of rotatable bonds is 5. The van der Waals surface area contributed by atoms with E-state index in [1.807, 2.05) is 0 Å². The fourth-order valence-corrected chi connectivity index (χ4v) is 4.28. The molecule has 0 amide bonds. The van der Waals surface area contributed by atoms with Crippen LogP contribution in [0.1, 0.15) is 38.8 Å². The summed E-state index contributed by atoms with van der Waals surface area (Å²) < 4.78 is 26.7. The third-order valence-electron chi connectivity index (χ3n) is 4.15. The van der Waals surface area contributed by atoms with Crippen LogP contribution in [0.2, 0.25) is 0 Å². The molecule has 20 heavy (non-hydrogen) atoms. The van der Waals surface area contributed by atoms with Crippen molar-refractivity contribution in [1.29, 1.82) is 0 Å². The van der Waals surface area contributed by atoms with Gasteiger partial charge < -0.3 is 10.3 Å². The molecule has 2 N–H and O–H groups in total. The topological polar surface area (TPSA) is 65.2 Å². The molecule has 2 fully saturated rings. The van der Waals surface area contributed by atoms with Crippen molar-refractivity contribution in [3.8, 4) is 0 Å². The first kappa shape index (κ1) is 14.1. The average Bonchev–Trinajstić information content (AvgIpc) is 2.93. The lowest BCUT2D eigenvalue weighted by atomic mass is 9.93. The summed E-state index contributed by atoms with van der Waals surface area (Å²) in [5.74, 6) is 0. The normalized spacial score (nSPS) is 23.3. The molecule has 112 valence electrons. The molecule has 2 aliphatic rings. The molecular weight excluding hydrogens is 274 g/mol. The van der Waals surface area contributed by atoms with Gasteiger partial charge in [0.1, 0.15) is 0 Å². The van der Waals surface area contributed by atoms with Crippen molar-refractivity contribution in [2.24, 2.45) is 5.41 Å². The monoisotopic (exact) mass is 297 g/mol. The second-order valence-corrected chi connectivity index (χ2v) is 8.71. The van der Waals surface area contributed by atoms with Crippen LogP contribution in [0, 0.1) is 5.41 Å². The molecule has 6 heteroatoms. The average molecular weight is 297 g/mol. The standard InChI is InChI=1S/C14H23N3O2S/c1-14(2)5-6-17(10-14)20(18,19)13-7-12(16-9-13)8-15-11-3-4-11/h7,9,11,15-16H,3-6,8,10H2,1-2H3. The molecule has 1 saturated carbocycles. The van der Waals surface area contributed by atoms with Crippen molar-refractivity contribution in [3.63, 3.8) is 0 Å². The van der Waals surface area contributed by atoms with Gasteiger partial charge >= 0.3 is 0 Å². The zero-order valence-electron chi connectivity index (χ0n) is 12.1. The highest BCUT2D eigenvalue weighted by atomic mass is 32.2. The SMILES string of the molecule is CC1(C)CCN(S(=O)(=O)c2c[nH]c(CNC3CC3)c2)C1. The van der Waals surface area contributed by atoms with E-state index < -0.39 is 10.0 Å². The van der Waals surface area contributed by atoms with Gasteiger partial charge in [-0.15, -0.1) is 0 Å². The van der Waals surface area contributed by atoms with Crippen molar-refractivity contribution in [1.82, 2.24) is 14.6 Å². The molecule has 2 heterocycles. The first-order chi connectivity index (χ1) is 9.37. The Hall–Kier alpha value is -0.850. The fraction of sp³-hybridized carbons (Fsp3) is 0.714. The zero-order chi connectivity index (χ0) is 14.4. The van der Waals surface area contributed by atoms with E-state index in [-0.39, 0.29) is 5.41 Å². The van der Waals surface area contributed by atoms with E-state index in [1.54, 1.807) is 16.6 Å². The third-order valence-corrected chi connectivity index (χ3v) is 5.98. The van der Waals surface area contributed by atoms with Gasteiger partial charge in [0.05, 0.1) is 4.90 Å². The lowest BCUT2D eigenvalue weighted by Crippen LogP contribution is -2.30. The van der Waals surface area contributed by atoms with E-state index in [9.17, 15) is 8.42 Å². The Morgan fingerprint density at radius 1 is 1.45 bits per heavy atom. The minimum atomic E-state index is -3.34. The maximum atomic E-state index is 12.6. The number of H-pyrrole nitrogens is 1. The largest absolute Gasteiger partial charge is 0.363 e. The molecule has 0 spiro atoms. The molecule has 5 nitrogen and oxygen atoms in total. The predicted octanol–water partition coefficient (Wildman–Crippen LogP) is 1.69. The Kier molecular flexibility index (Phi) is 3.43. The quantitative estimate of drug-likeness (QED) is 0.869. The molecule has 0 bridgehead atoms. The van der Waals surface area contributed by atoms with E-state index in [4.69, 9.17) is 0 Å². The predicted molar refractivity (Wildman–Crippen MR) is 77.8 cm³/mol. The Morgan fingerprint density at radius 2 is 2.20 bits per heavy atom. The molecule has 0 atom stereocenters. The molecule has 1 aliphatic heterocycles. The van der Waals surface area contributed by atoms with Crippen LogP contribution in [-0.2, 0) is 16.6 Å². The summed E-state index contributed by atoms with van der Waals surface area (Å²) in [6.45, 7) is 6.17. The molecule has 3 rings (SSSR count). The molecule has 1 aromatic rings. The lowest BCUT2D eigenvalue weighted by molar-refractivity contribution is 0.375. The van der Waals surface area contributed by atoms with Crippen molar-refractivity contribution in [2.75, 3.05) is 13.1 Å². The molecule has 1 aromatic heterocycles. The van der Waals surface area contributed by atoms with Crippen LogP contribution in [0.15, 0.2) is 17.2 Å². The van der Waals surface area contributed by atoms with Crippen LogP contribution in [0.4, 0.5) is 0 Å². The van der Waals surface area contributed by atoms with E-state index in [0.717, 1.165) is 12.1 Å². The molecule has 0 radical (unpaired) electrons. The van der Waals surface area contributed by atoms with Crippen LogP contribution in [0.25, 0.3) is 0 Å². The van der Waals surface area contributed by atoms with Gasteiger partial charge in [0.2, 0.25) is 10.0 Å². The fourth-order valence-electron chi connectivity index (χ4n) is 2.63. The number of nitrogens with one attached hydrogen (secondary N) is 2. The molecule has 1 saturated heterocycles. The van der Waals surface area contributed by atoms with Crippen molar-refractivity contribution in [3.05, 3.63) is 18.0 Å². The number of sulfonamides is 1. The van der Waals surface area contributed by atoms with Crippen LogP contribution < -0.4 is 5.32 Å². The summed E-state index contributed by atoms with van der Waals surface area (Å²) in [5.41, 5.74) is 1.02. The first-order valence-electron chi connectivity index (χ1n) is 7.28. The van der Waals surface area contributed by atoms with E-state index in [2.05, 4.69) is 24.1 Å². The summed E-state index contributed by atoms with van der Waals surface area (Å²) in [6.07, 6.45) is 5.00. The molecule has 1 aliphatic carbocycles. The first-order valence-corrected chi connectivity index (χ1v) is 8.72. The van der Waals surface area contributed by atoms with E-state index in [0.29, 0.717) is 30.6 Å². The Bertz CT molecular complexity index is 587. The van der Waals surface area contributed by atoms with Gasteiger partial charge in [0.25, 0.3) is 0 Å². The number of aromatic nitrogens is 1. The van der Waals surface area contributed by atoms with Gasteiger partial charge in [0, 0.05) is 37.6 Å². The summed E-state index contributed by atoms with van der Waals surface area (Å²) >= 11 is 0. The molecule has 0 aromatic carbocycles. The van der Waals surface area contributed by atoms with Gasteiger partial charge in [-0.2, -0.15) is 4.31 Å². The van der Waals surface area contributed by atoms with E-state index >= 15 is 0 Å². The highest BCUT2D eigenvalue weighted by Crippen LogP contribution is 2.32. The summed E-state index contributed by atoms with van der Waals surface area (Å²) in [7, 11) is -3.34. The Labute approximate surface area is 120 Å². The maximum Gasteiger partial charge on any atom is 0.244 e. The van der Waals surface area contributed by atoms with Gasteiger partial charge in [0.15, 0.2) is 0 Å². The number of hydrogen-bond donors (Lipinski definition) is 2. The number of hydrogen-bond acceptors (Lipinski definition) is 3. The van der Waals surface area contributed by atoms with Crippen molar-refractivity contribution < 1.29 is 8.42 Å². The summed E-state index contributed by atoms with van der Waals surface area (Å²) in [6, 6.07) is 2.38. The van der Waals surface area contributed by atoms with E-state index in [1.165, 1.54) is 12.8 Å². The third kappa shape index (κ3) is 2.92. The van der Waals surface area contributed by atoms with Gasteiger partial charge in [-0.05, 0) is 30.7 Å². The smallest absolute Gasteiger partial charge is 0.244 e.